The molecule has 0 N–H and O–H groups in total. The molecule has 4 fully saturated rings. The van der Waals surface area contributed by atoms with Gasteiger partial charge < -0.3 is 4.74 Å². The molecular formula is C20H24O3S. The number of hydrogen-bond acceptors (Lipinski definition) is 4. The number of ether oxygens (including phenoxy) is 1. The highest BCUT2D eigenvalue weighted by Gasteiger charge is 2.54. The minimum absolute atomic E-state index is 0.0602. The van der Waals surface area contributed by atoms with Crippen molar-refractivity contribution < 1.29 is 14.3 Å². The van der Waals surface area contributed by atoms with Gasteiger partial charge in [0, 0.05) is 10.3 Å². The van der Waals surface area contributed by atoms with Crippen LogP contribution in [-0.2, 0) is 9.53 Å². The van der Waals surface area contributed by atoms with Crippen LogP contribution in [0.25, 0.3) is 0 Å². The van der Waals surface area contributed by atoms with Crippen molar-refractivity contribution in [2.24, 2.45) is 23.2 Å². The van der Waals surface area contributed by atoms with Crippen LogP contribution < -0.4 is 0 Å². The minimum Gasteiger partial charge on any atom is -0.454 e. The first-order valence-electron chi connectivity index (χ1n) is 8.92. The van der Waals surface area contributed by atoms with Crippen LogP contribution in [0.5, 0.6) is 0 Å². The summed E-state index contributed by atoms with van der Waals surface area (Å²) < 4.78 is 5.36. The third kappa shape index (κ3) is 2.90. The molecule has 0 unspecified atom stereocenters. The standard InChI is InChI=1S/C20H24O3S/c1-24-17-4-2-16(3-5-17)19(22)23-12-18(21)20-9-13-6-14(10-20)8-15(7-13)11-20/h2-5,13-15H,6-12H2,1H3. The molecule has 4 bridgehead atoms. The van der Waals surface area contributed by atoms with Gasteiger partial charge in [0.1, 0.15) is 0 Å². The quantitative estimate of drug-likeness (QED) is 0.588. The smallest absolute Gasteiger partial charge is 0.338 e. The average molecular weight is 344 g/mol. The number of Topliss-reactive ketones (excluding diaryl/α,β-unsaturated/α-hetero) is 1. The van der Waals surface area contributed by atoms with Crippen LogP contribution in [0.15, 0.2) is 29.2 Å². The summed E-state index contributed by atoms with van der Waals surface area (Å²) in [6.45, 7) is -0.0602. The molecule has 4 aliphatic carbocycles. The Balaban J connectivity index is 1.38. The zero-order valence-electron chi connectivity index (χ0n) is 14.1. The molecule has 0 atom stereocenters. The summed E-state index contributed by atoms with van der Waals surface area (Å²) in [5.41, 5.74) is 0.337. The molecule has 4 heteroatoms. The Morgan fingerprint density at radius 2 is 1.58 bits per heavy atom. The summed E-state index contributed by atoms with van der Waals surface area (Å²) in [6.07, 6.45) is 9.02. The van der Waals surface area contributed by atoms with Gasteiger partial charge in [-0.25, -0.2) is 4.79 Å². The van der Waals surface area contributed by atoms with Crippen molar-refractivity contribution in [3.05, 3.63) is 29.8 Å². The highest BCUT2D eigenvalue weighted by Crippen LogP contribution is 2.60. The molecule has 0 spiro atoms. The Morgan fingerprint density at radius 3 is 2.08 bits per heavy atom. The lowest BCUT2D eigenvalue weighted by Gasteiger charge is -2.55. The molecule has 0 amide bonds. The van der Waals surface area contributed by atoms with E-state index in [1.807, 2.05) is 18.4 Å². The summed E-state index contributed by atoms with van der Waals surface area (Å²) in [5, 5.41) is 0. The topological polar surface area (TPSA) is 43.4 Å². The molecule has 1 aromatic carbocycles. The van der Waals surface area contributed by atoms with E-state index in [2.05, 4.69) is 0 Å². The van der Waals surface area contributed by atoms with Gasteiger partial charge in [-0.3, -0.25) is 4.79 Å². The first-order valence-corrected chi connectivity index (χ1v) is 10.1. The van der Waals surface area contributed by atoms with Crippen LogP contribution in [0.4, 0.5) is 0 Å². The van der Waals surface area contributed by atoms with Crippen LogP contribution in [0, 0.1) is 23.2 Å². The van der Waals surface area contributed by atoms with Crippen LogP contribution in [0.1, 0.15) is 48.9 Å². The van der Waals surface area contributed by atoms with Gasteiger partial charge in [0.2, 0.25) is 0 Å². The molecule has 24 heavy (non-hydrogen) atoms. The fourth-order valence-electron chi connectivity index (χ4n) is 5.55. The van der Waals surface area contributed by atoms with Crippen molar-refractivity contribution in [1.29, 1.82) is 0 Å². The van der Waals surface area contributed by atoms with Crippen molar-refractivity contribution in [3.63, 3.8) is 0 Å². The maximum Gasteiger partial charge on any atom is 0.338 e. The van der Waals surface area contributed by atoms with E-state index in [4.69, 9.17) is 4.74 Å². The van der Waals surface area contributed by atoms with Crippen molar-refractivity contribution in [2.75, 3.05) is 12.9 Å². The maximum atomic E-state index is 12.9. The van der Waals surface area contributed by atoms with E-state index in [1.54, 1.807) is 23.9 Å². The Bertz CT molecular complexity index is 614. The number of esters is 1. The summed E-state index contributed by atoms with van der Waals surface area (Å²) in [7, 11) is 0. The van der Waals surface area contributed by atoms with Gasteiger partial charge in [-0.2, -0.15) is 0 Å². The molecule has 1 aromatic rings. The number of thioether (sulfide) groups is 1. The summed E-state index contributed by atoms with van der Waals surface area (Å²) in [4.78, 5) is 26.2. The number of ketones is 1. The van der Waals surface area contributed by atoms with Crippen molar-refractivity contribution in [3.8, 4) is 0 Å². The molecular weight excluding hydrogens is 320 g/mol. The van der Waals surface area contributed by atoms with E-state index >= 15 is 0 Å². The maximum absolute atomic E-state index is 12.9. The van der Waals surface area contributed by atoms with Gasteiger partial charge in [0.15, 0.2) is 12.4 Å². The fraction of sp³-hybridized carbons (Fsp3) is 0.600. The molecule has 5 rings (SSSR count). The molecule has 4 saturated carbocycles. The van der Waals surface area contributed by atoms with E-state index in [9.17, 15) is 9.59 Å². The molecule has 128 valence electrons. The first-order chi connectivity index (χ1) is 11.6. The lowest BCUT2D eigenvalue weighted by Crippen LogP contribution is -2.51. The zero-order chi connectivity index (χ0) is 16.7. The second kappa shape index (κ2) is 6.21. The third-order valence-electron chi connectivity index (χ3n) is 6.29. The van der Waals surface area contributed by atoms with Gasteiger partial charge in [-0.05, 0) is 86.8 Å². The van der Waals surface area contributed by atoms with Crippen LogP contribution in [0.3, 0.4) is 0 Å². The minimum atomic E-state index is -0.388. The van der Waals surface area contributed by atoms with Crippen molar-refractivity contribution in [1.82, 2.24) is 0 Å². The normalized spacial score (nSPS) is 33.5. The Kier molecular flexibility index (Phi) is 4.19. The lowest BCUT2D eigenvalue weighted by atomic mass is 9.48. The van der Waals surface area contributed by atoms with E-state index in [0.29, 0.717) is 5.56 Å². The highest BCUT2D eigenvalue weighted by molar-refractivity contribution is 7.98. The van der Waals surface area contributed by atoms with Gasteiger partial charge in [-0.15, -0.1) is 11.8 Å². The number of carbonyl (C=O) groups excluding carboxylic acids is 2. The van der Waals surface area contributed by atoms with Gasteiger partial charge in [0.05, 0.1) is 5.56 Å². The predicted molar refractivity (Wildman–Crippen MR) is 94.1 cm³/mol. The van der Waals surface area contributed by atoms with Gasteiger partial charge in [0.25, 0.3) is 0 Å². The SMILES string of the molecule is CSc1ccc(C(=O)OCC(=O)C23CC4CC(CC(C4)C2)C3)cc1. The second-order valence-electron chi connectivity index (χ2n) is 7.93. The lowest BCUT2D eigenvalue weighted by molar-refractivity contribution is -0.147. The van der Waals surface area contributed by atoms with Gasteiger partial charge >= 0.3 is 5.97 Å². The summed E-state index contributed by atoms with van der Waals surface area (Å²) in [6, 6.07) is 7.34. The molecule has 0 saturated heterocycles. The molecule has 0 radical (unpaired) electrons. The molecule has 0 heterocycles. The Labute approximate surface area is 147 Å². The second-order valence-corrected chi connectivity index (χ2v) is 8.81. The largest absolute Gasteiger partial charge is 0.454 e. The van der Waals surface area contributed by atoms with Gasteiger partial charge in [-0.1, -0.05) is 0 Å². The summed E-state index contributed by atoms with van der Waals surface area (Å²) in [5.74, 6) is 1.97. The third-order valence-corrected chi connectivity index (χ3v) is 7.03. The molecule has 0 aromatic heterocycles. The average Bonchev–Trinajstić information content (AvgIpc) is 2.58. The highest BCUT2D eigenvalue weighted by atomic mass is 32.2. The Morgan fingerprint density at radius 1 is 1.04 bits per heavy atom. The van der Waals surface area contributed by atoms with Crippen molar-refractivity contribution in [2.45, 2.75) is 43.4 Å². The number of rotatable bonds is 5. The monoisotopic (exact) mass is 344 g/mol. The van der Waals surface area contributed by atoms with E-state index in [1.165, 1.54) is 19.3 Å². The molecule has 0 aliphatic heterocycles. The number of benzene rings is 1. The Hall–Kier alpha value is -1.29. The van der Waals surface area contributed by atoms with E-state index in [-0.39, 0.29) is 23.8 Å². The number of carbonyl (C=O) groups is 2. The zero-order valence-corrected chi connectivity index (χ0v) is 14.9. The fourth-order valence-corrected chi connectivity index (χ4v) is 5.96. The van der Waals surface area contributed by atoms with Crippen LogP contribution >= 0.6 is 11.8 Å². The van der Waals surface area contributed by atoms with Crippen LogP contribution in [0.2, 0.25) is 0 Å². The summed E-state index contributed by atoms with van der Waals surface area (Å²) >= 11 is 1.63. The first kappa shape index (κ1) is 16.2. The van der Waals surface area contributed by atoms with Crippen molar-refractivity contribution >= 4 is 23.5 Å². The molecule has 3 nitrogen and oxygen atoms in total. The van der Waals surface area contributed by atoms with Crippen LogP contribution in [-0.4, -0.2) is 24.6 Å². The van der Waals surface area contributed by atoms with E-state index < -0.39 is 0 Å². The number of hydrogen-bond donors (Lipinski definition) is 0. The predicted octanol–water partition coefficient (Wildman–Crippen LogP) is 4.35. The molecule has 4 aliphatic rings. The van der Waals surface area contributed by atoms with E-state index in [0.717, 1.165) is 41.9 Å².